The van der Waals surface area contributed by atoms with Crippen LogP contribution in [0.15, 0.2) is 42.5 Å². The predicted octanol–water partition coefficient (Wildman–Crippen LogP) is 5.20. The quantitative estimate of drug-likeness (QED) is 0.445. The molecule has 6 rings (SSSR count). The fourth-order valence-electron chi connectivity index (χ4n) is 7.47. The van der Waals surface area contributed by atoms with Gasteiger partial charge in [0.2, 0.25) is 0 Å². The highest BCUT2D eigenvalue weighted by Crippen LogP contribution is 2.35. The van der Waals surface area contributed by atoms with Crippen LogP contribution in [0.3, 0.4) is 0 Å². The van der Waals surface area contributed by atoms with E-state index < -0.39 is 29.0 Å². The minimum atomic E-state index is -4.62. The summed E-state index contributed by atoms with van der Waals surface area (Å²) in [6, 6.07) is 11.3. The highest BCUT2D eigenvalue weighted by atomic mass is 35.5. The highest BCUT2D eigenvalue weighted by molar-refractivity contribution is 6.31. The number of anilines is 1. The van der Waals surface area contributed by atoms with Crippen molar-refractivity contribution < 1.29 is 32.3 Å². The number of likely N-dealkylation sites (tertiary alicyclic amines) is 2. The molecule has 4 amide bonds. The lowest BCUT2D eigenvalue weighted by molar-refractivity contribution is -0.143. The Balaban J connectivity index is 1.09. The van der Waals surface area contributed by atoms with Crippen LogP contribution in [-0.2, 0) is 28.5 Å². The van der Waals surface area contributed by atoms with E-state index in [0.717, 1.165) is 49.7 Å². The number of piperazine rings is 1. The van der Waals surface area contributed by atoms with E-state index in [2.05, 4.69) is 22.2 Å². The normalized spacial score (nSPS) is 21.2. The number of hydrogen-bond donors (Lipinski definition) is 1. The molecule has 4 aliphatic rings. The van der Waals surface area contributed by atoms with Crippen LogP contribution in [0.1, 0.15) is 42.4 Å². The minimum Gasteiger partial charge on any atom is -0.436 e. The van der Waals surface area contributed by atoms with Gasteiger partial charge < -0.3 is 29.7 Å². The van der Waals surface area contributed by atoms with Crippen molar-refractivity contribution in [3.8, 4) is 0 Å². The maximum atomic E-state index is 13.9. The van der Waals surface area contributed by atoms with Crippen LogP contribution in [0.5, 0.6) is 0 Å². The monoisotopic (exact) mass is 704 g/mol. The van der Waals surface area contributed by atoms with Crippen molar-refractivity contribution in [3.05, 3.63) is 64.2 Å². The number of nitrogens with one attached hydrogen (secondary N) is 1. The van der Waals surface area contributed by atoms with Crippen molar-refractivity contribution in [3.63, 3.8) is 0 Å². The number of benzene rings is 2. The smallest absolute Gasteiger partial charge is 0.417 e. The summed E-state index contributed by atoms with van der Waals surface area (Å²) in [4.78, 5) is 50.3. The Morgan fingerprint density at radius 1 is 0.898 bits per heavy atom. The summed E-state index contributed by atoms with van der Waals surface area (Å²) in [5.41, 5.74) is 1.28. The van der Waals surface area contributed by atoms with E-state index in [1.165, 1.54) is 12.1 Å². The van der Waals surface area contributed by atoms with Crippen molar-refractivity contribution >= 4 is 35.3 Å². The van der Waals surface area contributed by atoms with Crippen LogP contribution in [0.2, 0.25) is 5.02 Å². The van der Waals surface area contributed by atoms with Crippen molar-refractivity contribution in [2.75, 3.05) is 71.3 Å². The molecule has 266 valence electrons. The lowest BCUT2D eigenvalue weighted by Crippen LogP contribution is -2.56. The van der Waals surface area contributed by atoms with Gasteiger partial charge in [-0.05, 0) is 81.6 Å². The number of fused-ring (bicyclic) bond motifs is 1. The number of carbonyl (C=O) groups is 3. The number of nitrogens with zero attached hydrogens (tertiary/aromatic N) is 5. The van der Waals surface area contributed by atoms with Gasteiger partial charge in [0.25, 0.3) is 5.91 Å². The number of amides is 4. The topological polar surface area (TPSA) is 88.7 Å². The first-order chi connectivity index (χ1) is 23.5. The molecule has 3 saturated heterocycles. The Hall–Kier alpha value is -3.55. The third kappa shape index (κ3) is 8.43. The first-order valence-electron chi connectivity index (χ1n) is 17.1. The predicted molar refractivity (Wildman–Crippen MR) is 180 cm³/mol. The summed E-state index contributed by atoms with van der Waals surface area (Å²) < 4.78 is 46.0. The van der Waals surface area contributed by atoms with E-state index in [1.807, 2.05) is 29.2 Å². The van der Waals surface area contributed by atoms with Gasteiger partial charge in [-0.1, -0.05) is 35.9 Å². The molecule has 49 heavy (non-hydrogen) atoms. The van der Waals surface area contributed by atoms with Gasteiger partial charge >= 0.3 is 18.3 Å². The summed E-state index contributed by atoms with van der Waals surface area (Å²) in [7, 11) is 2.12. The lowest BCUT2D eigenvalue weighted by atomic mass is 10.0. The average Bonchev–Trinajstić information content (AvgIpc) is 3.25. The maximum absolute atomic E-state index is 13.9. The third-order valence-electron chi connectivity index (χ3n) is 10.4. The Labute approximate surface area is 290 Å². The molecule has 0 aliphatic carbocycles. The zero-order chi connectivity index (χ0) is 34.7. The largest absolute Gasteiger partial charge is 0.436 e. The number of ether oxygens (including phenoxy) is 1. The molecule has 1 atom stereocenters. The third-order valence-corrected chi connectivity index (χ3v) is 10.7. The standard InChI is InChI=1S/C35H44ClF3N6O4/c1-41-13-9-26(10-14-41)42-18-20-43(21-19-42)32(46)31(23-24-6-7-28(29(36)22-24)35(37,38)39)49-34(48)44-15-11-27(12-16-44)45-17-8-25-4-2-3-5-30(25)40-33(45)47/h2-7,22,26-27,31H,8-21,23H2,1H3,(H,40,47)/t31-/m1/s1. The van der Waals surface area contributed by atoms with E-state index >= 15 is 0 Å². The van der Waals surface area contributed by atoms with Crippen molar-refractivity contribution in [1.29, 1.82) is 0 Å². The van der Waals surface area contributed by atoms with E-state index in [-0.39, 0.29) is 24.4 Å². The summed E-state index contributed by atoms with van der Waals surface area (Å²) >= 11 is 6.00. The summed E-state index contributed by atoms with van der Waals surface area (Å²) in [6.07, 6.45) is -2.65. The summed E-state index contributed by atoms with van der Waals surface area (Å²) in [5, 5.41) is 2.52. The zero-order valence-electron chi connectivity index (χ0n) is 27.8. The van der Waals surface area contributed by atoms with Crippen molar-refractivity contribution in [2.45, 2.75) is 62.9 Å². The van der Waals surface area contributed by atoms with Gasteiger partial charge in [-0.2, -0.15) is 13.2 Å². The molecule has 2 aromatic carbocycles. The molecule has 0 bridgehead atoms. The van der Waals surface area contributed by atoms with Gasteiger partial charge in [0.05, 0.1) is 10.6 Å². The SMILES string of the molecule is CN1CCC(N2CCN(C(=O)[C@@H](Cc3ccc(C(F)(F)F)c(Cl)c3)OC(=O)N3CCC(N4CCc5ccccc5NC4=O)CC3)CC2)CC1. The van der Waals surface area contributed by atoms with Crippen molar-refractivity contribution in [2.24, 2.45) is 0 Å². The van der Waals surface area contributed by atoms with Crippen molar-refractivity contribution in [1.82, 2.24) is 24.5 Å². The van der Waals surface area contributed by atoms with E-state index in [1.54, 1.807) is 9.80 Å². The molecule has 0 unspecified atom stereocenters. The van der Waals surface area contributed by atoms with Crippen LogP contribution in [0, 0.1) is 0 Å². The molecular weight excluding hydrogens is 661 g/mol. The van der Waals surface area contributed by atoms with Gasteiger partial charge in [-0.15, -0.1) is 0 Å². The highest BCUT2D eigenvalue weighted by Gasteiger charge is 2.37. The van der Waals surface area contributed by atoms with Crippen LogP contribution in [0.25, 0.3) is 0 Å². The molecule has 4 heterocycles. The van der Waals surface area contributed by atoms with Gasteiger partial charge in [0, 0.05) is 70.0 Å². The van der Waals surface area contributed by atoms with E-state index in [0.29, 0.717) is 70.3 Å². The number of para-hydroxylation sites is 1. The molecule has 0 radical (unpaired) electrons. The number of alkyl halides is 3. The number of piperidine rings is 2. The fourth-order valence-corrected chi connectivity index (χ4v) is 7.78. The van der Waals surface area contributed by atoms with E-state index in [4.69, 9.17) is 16.3 Å². The van der Waals surface area contributed by atoms with Crippen LogP contribution in [-0.4, -0.2) is 127 Å². The van der Waals surface area contributed by atoms with Gasteiger partial charge in [0.1, 0.15) is 0 Å². The second kappa shape index (κ2) is 15.1. The number of rotatable bonds is 6. The second-order valence-electron chi connectivity index (χ2n) is 13.5. The zero-order valence-corrected chi connectivity index (χ0v) is 28.5. The Kier molecular flexibility index (Phi) is 10.9. The molecule has 3 fully saturated rings. The Bertz CT molecular complexity index is 1500. The molecule has 0 saturated carbocycles. The first kappa shape index (κ1) is 35.3. The first-order valence-corrected chi connectivity index (χ1v) is 17.5. The minimum absolute atomic E-state index is 0.0639. The maximum Gasteiger partial charge on any atom is 0.417 e. The number of urea groups is 1. The summed E-state index contributed by atoms with van der Waals surface area (Å²) in [6.45, 7) is 5.66. The Morgan fingerprint density at radius 3 is 2.24 bits per heavy atom. The molecule has 0 aromatic heterocycles. The molecule has 10 nitrogen and oxygen atoms in total. The molecule has 4 aliphatic heterocycles. The second-order valence-corrected chi connectivity index (χ2v) is 13.9. The van der Waals surface area contributed by atoms with Gasteiger partial charge in [0.15, 0.2) is 6.10 Å². The summed E-state index contributed by atoms with van der Waals surface area (Å²) in [5.74, 6) is -0.372. The van der Waals surface area contributed by atoms with Crippen LogP contribution in [0.4, 0.5) is 28.4 Å². The van der Waals surface area contributed by atoms with Gasteiger partial charge in [-0.25, -0.2) is 9.59 Å². The molecule has 0 spiro atoms. The fraction of sp³-hybridized carbons (Fsp3) is 0.571. The number of halogens is 4. The molecule has 1 N–H and O–H groups in total. The Morgan fingerprint density at radius 2 is 1.57 bits per heavy atom. The number of hydrogen-bond acceptors (Lipinski definition) is 6. The average molecular weight is 705 g/mol. The molecule has 2 aromatic rings. The van der Waals surface area contributed by atoms with Crippen LogP contribution >= 0.6 is 11.6 Å². The lowest BCUT2D eigenvalue weighted by Gasteiger charge is -2.42. The number of carbonyl (C=O) groups excluding carboxylic acids is 3. The molecular formula is C35H44ClF3N6O4. The van der Waals surface area contributed by atoms with Crippen LogP contribution < -0.4 is 5.32 Å². The molecule has 14 heteroatoms. The van der Waals surface area contributed by atoms with E-state index in [9.17, 15) is 27.6 Å². The van der Waals surface area contributed by atoms with Gasteiger partial charge in [-0.3, -0.25) is 9.69 Å².